The molecule has 0 atom stereocenters. The van der Waals surface area contributed by atoms with Crippen LogP contribution in [0.5, 0.6) is 0 Å². The van der Waals surface area contributed by atoms with Crippen molar-refractivity contribution in [1.82, 2.24) is 0 Å². The second-order valence-electron chi connectivity index (χ2n) is 8.54. The van der Waals surface area contributed by atoms with E-state index in [1.807, 2.05) is 26.0 Å². The minimum absolute atomic E-state index is 0.497. The van der Waals surface area contributed by atoms with E-state index in [1.54, 1.807) is 31.5 Å². The third-order valence-corrected chi connectivity index (χ3v) is 6.35. The average Bonchev–Trinajstić information content (AvgIpc) is 2.90. The summed E-state index contributed by atoms with van der Waals surface area (Å²) in [5.41, 5.74) is 19.8. The van der Waals surface area contributed by atoms with Gasteiger partial charge in [-0.25, -0.2) is 0 Å². The van der Waals surface area contributed by atoms with Gasteiger partial charge in [0.15, 0.2) is 0 Å². The Balaban J connectivity index is -0.000000446. The SMILES string of the molecule is C=N.CC.CCCC(C)C.CCl.CP(C)(=O)c1ccc(N)c(N)c1.Nc1ccc(N2CCOCC2)cc1. The summed E-state index contributed by atoms with van der Waals surface area (Å²) in [5, 5.41) is 6.27. The summed E-state index contributed by atoms with van der Waals surface area (Å²) < 4.78 is 16.9. The highest BCUT2D eigenvalue weighted by Crippen LogP contribution is 2.35. The van der Waals surface area contributed by atoms with Crippen molar-refractivity contribution in [2.75, 3.05) is 68.1 Å². The van der Waals surface area contributed by atoms with Gasteiger partial charge in [-0.15, -0.1) is 11.6 Å². The summed E-state index contributed by atoms with van der Waals surface area (Å²) in [4.78, 5) is 2.31. The molecule has 1 aliphatic heterocycles. The zero-order valence-corrected chi connectivity index (χ0v) is 26.0. The van der Waals surface area contributed by atoms with Gasteiger partial charge in [0, 0.05) is 36.2 Å². The second-order valence-corrected chi connectivity index (χ2v) is 11.8. The molecule has 3 rings (SSSR count). The molecule has 1 heterocycles. The quantitative estimate of drug-likeness (QED) is 0.141. The van der Waals surface area contributed by atoms with Gasteiger partial charge in [-0.3, -0.25) is 0 Å². The van der Waals surface area contributed by atoms with Crippen LogP contribution in [0, 0.1) is 11.3 Å². The summed E-state index contributed by atoms with van der Waals surface area (Å²) in [5.74, 6) is 0.898. The predicted octanol–water partition coefficient (Wildman–Crippen LogP) is 6.79. The van der Waals surface area contributed by atoms with E-state index in [2.05, 4.69) is 56.1 Å². The maximum absolute atomic E-state index is 11.6. The lowest BCUT2D eigenvalue weighted by atomic mass is 10.1. The standard InChI is InChI=1S/C10H14N2O.C8H13N2OP.C6H14.C2H6.CH3Cl.CH3N/c11-9-1-3-10(4-2-9)12-5-7-13-8-6-12;1-12(2,11)6-3-4-7(9)8(10)5-6;1-4-5-6(2)3;3*1-2/h1-4H,5-8,11H2;3-5H,9-10H2,1-2H3;6H,4-5H2,1-3H3;1-2H3;1H3;2H,1H2. The molecular weight excluding hydrogens is 505 g/mol. The molecular formula is C28H53ClN5O2P. The molecule has 1 saturated heterocycles. The minimum Gasteiger partial charge on any atom is -0.399 e. The first kappa shape index (κ1) is 39.3. The highest BCUT2D eigenvalue weighted by molar-refractivity contribution is 7.70. The molecule has 0 saturated carbocycles. The van der Waals surface area contributed by atoms with Gasteiger partial charge < -0.3 is 36.8 Å². The number of nitrogens with two attached hydrogens (primary N) is 3. The Labute approximate surface area is 232 Å². The third-order valence-electron chi connectivity index (χ3n) is 4.83. The van der Waals surface area contributed by atoms with Crippen LogP contribution in [0.15, 0.2) is 42.5 Å². The van der Waals surface area contributed by atoms with Crippen molar-refractivity contribution in [2.24, 2.45) is 5.92 Å². The maximum Gasteiger partial charge on any atom is 0.109 e. The lowest BCUT2D eigenvalue weighted by Gasteiger charge is -2.28. The molecule has 9 heteroatoms. The Morgan fingerprint density at radius 3 is 1.81 bits per heavy atom. The number of rotatable bonds is 4. The highest BCUT2D eigenvalue weighted by atomic mass is 35.5. The van der Waals surface area contributed by atoms with E-state index in [1.165, 1.54) is 24.9 Å². The van der Waals surface area contributed by atoms with Crippen LogP contribution in [-0.4, -0.2) is 52.7 Å². The van der Waals surface area contributed by atoms with E-state index in [0.717, 1.165) is 43.2 Å². The van der Waals surface area contributed by atoms with Crippen LogP contribution in [0.25, 0.3) is 0 Å². The first-order valence-corrected chi connectivity index (χ1v) is 16.0. The molecule has 1 aliphatic rings. The van der Waals surface area contributed by atoms with Gasteiger partial charge in [0.05, 0.1) is 24.6 Å². The number of nitrogen functional groups attached to an aromatic ring is 3. The van der Waals surface area contributed by atoms with Gasteiger partial charge in [0.1, 0.15) is 7.14 Å². The summed E-state index contributed by atoms with van der Waals surface area (Å²) in [6.07, 6.45) is 4.18. The first-order chi connectivity index (χ1) is 17.5. The van der Waals surface area contributed by atoms with Crippen LogP contribution < -0.4 is 27.4 Å². The normalized spacial score (nSPS) is 11.9. The van der Waals surface area contributed by atoms with Crippen molar-refractivity contribution in [1.29, 1.82) is 5.41 Å². The molecule has 0 aromatic heterocycles. The summed E-state index contributed by atoms with van der Waals surface area (Å²) in [7, 11) is -2.20. The smallest absolute Gasteiger partial charge is 0.109 e. The summed E-state index contributed by atoms with van der Waals surface area (Å²) in [6.45, 7) is 20.2. The zero-order valence-electron chi connectivity index (χ0n) is 24.4. The summed E-state index contributed by atoms with van der Waals surface area (Å²) >= 11 is 4.64. The van der Waals surface area contributed by atoms with Crippen LogP contribution >= 0.6 is 18.7 Å². The summed E-state index contributed by atoms with van der Waals surface area (Å²) in [6, 6.07) is 13.1. The number of morpholine rings is 1. The number of hydrogen-bond donors (Lipinski definition) is 4. The van der Waals surface area contributed by atoms with E-state index in [-0.39, 0.29) is 0 Å². The van der Waals surface area contributed by atoms with Crippen molar-refractivity contribution in [3.05, 3.63) is 42.5 Å². The topological polar surface area (TPSA) is 131 Å². The number of ether oxygens (including phenoxy) is 1. The fraction of sp³-hybridized carbons (Fsp3) is 0.536. The van der Waals surface area contributed by atoms with Crippen LogP contribution in [-0.2, 0) is 9.30 Å². The number of nitrogens with one attached hydrogen (secondary N) is 1. The monoisotopic (exact) mass is 557 g/mol. The van der Waals surface area contributed by atoms with Crippen molar-refractivity contribution in [3.63, 3.8) is 0 Å². The average molecular weight is 558 g/mol. The Hall–Kier alpha value is -2.21. The maximum atomic E-state index is 11.6. The van der Waals surface area contributed by atoms with Crippen molar-refractivity contribution >= 4 is 53.5 Å². The molecule has 214 valence electrons. The molecule has 2 aromatic rings. The fourth-order valence-corrected chi connectivity index (χ4v) is 3.86. The number of alkyl halides is 1. The minimum atomic E-state index is -2.20. The van der Waals surface area contributed by atoms with Gasteiger partial charge in [-0.2, -0.15) is 0 Å². The fourth-order valence-electron chi connectivity index (χ4n) is 2.98. The largest absolute Gasteiger partial charge is 0.399 e. The molecule has 0 radical (unpaired) electrons. The van der Waals surface area contributed by atoms with Gasteiger partial charge >= 0.3 is 0 Å². The van der Waals surface area contributed by atoms with Gasteiger partial charge in [0.25, 0.3) is 0 Å². The Bertz CT molecular complexity index is 839. The van der Waals surface area contributed by atoms with Gasteiger partial charge in [-0.1, -0.05) is 47.5 Å². The first-order valence-electron chi connectivity index (χ1n) is 12.7. The molecule has 2 aromatic carbocycles. The Morgan fingerprint density at radius 2 is 1.46 bits per heavy atom. The van der Waals surface area contributed by atoms with Crippen molar-refractivity contribution < 1.29 is 9.30 Å². The van der Waals surface area contributed by atoms with Crippen molar-refractivity contribution in [3.8, 4) is 0 Å². The van der Waals surface area contributed by atoms with E-state index in [9.17, 15) is 4.57 Å². The van der Waals surface area contributed by atoms with E-state index < -0.39 is 7.14 Å². The predicted molar refractivity (Wildman–Crippen MR) is 171 cm³/mol. The molecule has 7 N–H and O–H groups in total. The molecule has 0 aliphatic carbocycles. The highest BCUT2D eigenvalue weighted by Gasteiger charge is 2.11. The van der Waals surface area contributed by atoms with E-state index in [4.69, 9.17) is 27.3 Å². The Morgan fingerprint density at radius 1 is 0.973 bits per heavy atom. The van der Waals surface area contributed by atoms with Crippen LogP contribution in [0.3, 0.4) is 0 Å². The van der Waals surface area contributed by atoms with Gasteiger partial charge in [-0.05, 0) is 68.4 Å². The Kier molecular flexibility index (Phi) is 25.6. The van der Waals surface area contributed by atoms with Crippen LogP contribution in [0.1, 0.15) is 47.5 Å². The third kappa shape index (κ3) is 19.6. The number of benzene rings is 2. The molecule has 0 bridgehead atoms. The number of hydrogen-bond acceptors (Lipinski definition) is 7. The van der Waals surface area contributed by atoms with E-state index >= 15 is 0 Å². The molecule has 37 heavy (non-hydrogen) atoms. The molecule has 7 nitrogen and oxygen atoms in total. The lowest BCUT2D eigenvalue weighted by molar-refractivity contribution is 0.122. The molecule has 0 amide bonds. The number of nitrogens with zero attached hydrogens (tertiary/aromatic N) is 1. The van der Waals surface area contributed by atoms with Gasteiger partial charge in [0.2, 0.25) is 0 Å². The van der Waals surface area contributed by atoms with Crippen molar-refractivity contribution in [2.45, 2.75) is 47.5 Å². The molecule has 0 spiro atoms. The molecule has 1 fully saturated rings. The second kappa shape index (κ2) is 24.1. The van der Waals surface area contributed by atoms with Crippen LogP contribution in [0.4, 0.5) is 22.7 Å². The number of halogens is 1. The number of anilines is 4. The molecule has 0 unspecified atom stereocenters. The lowest BCUT2D eigenvalue weighted by Crippen LogP contribution is -2.36. The zero-order chi connectivity index (χ0) is 29.4. The van der Waals surface area contributed by atoms with E-state index in [0.29, 0.717) is 11.4 Å². The van der Waals surface area contributed by atoms with Crippen LogP contribution in [0.2, 0.25) is 0 Å².